The summed E-state index contributed by atoms with van der Waals surface area (Å²) >= 11 is 1.40. The maximum atomic E-state index is 12.1. The molecule has 92 valence electrons. The fraction of sp³-hybridized carbons (Fsp3) is 0.455. The monoisotopic (exact) mass is 255 g/mol. The molecule has 2 rings (SSSR count). The summed E-state index contributed by atoms with van der Waals surface area (Å²) in [5, 5.41) is 9.65. The number of hydrogen-bond donors (Lipinski definition) is 1. The Labute approximate surface area is 103 Å². The summed E-state index contributed by atoms with van der Waals surface area (Å²) in [4.78, 5) is 24.4. The highest BCUT2D eigenvalue weighted by molar-refractivity contribution is 7.98. The van der Waals surface area contributed by atoms with Gasteiger partial charge in [-0.05, 0) is 31.2 Å². The van der Waals surface area contributed by atoms with Crippen LogP contribution in [0.15, 0.2) is 21.6 Å². The van der Waals surface area contributed by atoms with Crippen LogP contribution >= 0.6 is 11.8 Å². The summed E-state index contributed by atoms with van der Waals surface area (Å²) in [6.45, 7) is 0.477. The van der Waals surface area contributed by atoms with Crippen molar-refractivity contribution in [1.82, 2.24) is 4.90 Å². The lowest BCUT2D eigenvalue weighted by Gasteiger charge is -2.19. The van der Waals surface area contributed by atoms with E-state index in [2.05, 4.69) is 0 Å². The van der Waals surface area contributed by atoms with Gasteiger partial charge in [-0.3, -0.25) is 4.79 Å². The second-order valence-corrected chi connectivity index (χ2v) is 4.63. The summed E-state index contributed by atoms with van der Waals surface area (Å²) in [5.41, 5.74) is 0. The van der Waals surface area contributed by atoms with E-state index in [1.807, 2.05) is 6.26 Å². The van der Waals surface area contributed by atoms with E-state index in [1.165, 1.54) is 16.7 Å². The van der Waals surface area contributed by atoms with E-state index in [9.17, 15) is 9.59 Å². The lowest BCUT2D eigenvalue weighted by molar-refractivity contribution is -0.141. The zero-order chi connectivity index (χ0) is 12.4. The fourth-order valence-electron chi connectivity index (χ4n) is 1.95. The van der Waals surface area contributed by atoms with Gasteiger partial charge in [0.15, 0.2) is 10.9 Å². The molecule has 5 nitrogen and oxygen atoms in total. The Kier molecular flexibility index (Phi) is 3.42. The zero-order valence-corrected chi connectivity index (χ0v) is 10.2. The number of carboxylic acids is 1. The lowest BCUT2D eigenvalue weighted by Crippen LogP contribution is -2.40. The average Bonchev–Trinajstić information content (AvgIpc) is 2.97. The van der Waals surface area contributed by atoms with Crippen LogP contribution in [0.1, 0.15) is 23.4 Å². The third kappa shape index (κ3) is 2.31. The predicted octanol–water partition coefficient (Wildman–Crippen LogP) is 1.69. The van der Waals surface area contributed by atoms with E-state index < -0.39 is 12.0 Å². The van der Waals surface area contributed by atoms with Gasteiger partial charge >= 0.3 is 5.97 Å². The minimum absolute atomic E-state index is 0.211. The van der Waals surface area contributed by atoms with Crippen molar-refractivity contribution in [2.45, 2.75) is 24.0 Å². The molecule has 1 aromatic heterocycles. The standard InChI is InChI=1S/C11H13NO4S/c1-17-9-5-4-8(16-9)10(13)12-6-2-3-7(12)11(14)15/h4-5,7H,2-3,6H2,1H3,(H,14,15). The summed E-state index contributed by atoms with van der Waals surface area (Å²) in [7, 11) is 0. The van der Waals surface area contributed by atoms with Crippen molar-refractivity contribution >= 4 is 23.6 Å². The molecular formula is C11H13NO4S. The number of carboxylic acid groups (broad SMARTS) is 1. The van der Waals surface area contributed by atoms with Crippen molar-refractivity contribution in [3.63, 3.8) is 0 Å². The summed E-state index contributed by atoms with van der Waals surface area (Å²) in [5.74, 6) is -1.08. The van der Waals surface area contributed by atoms with Crippen LogP contribution in [0, 0.1) is 0 Å². The van der Waals surface area contributed by atoms with Gasteiger partial charge in [-0.25, -0.2) is 4.79 Å². The maximum Gasteiger partial charge on any atom is 0.326 e. The SMILES string of the molecule is CSc1ccc(C(=O)N2CCCC2C(=O)O)o1. The largest absolute Gasteiger partial charge is 0.480 e. The molecule has 0 radical (unpaired) electrons. The molecule has 6 heteroatoms. The van der Waals surface area contributed by atoms with Gasteiger partial charge in [0.2, 0.25) is 0 Å². The number of rotatable bonds is 3. The molecule has 1 saturated heterocycles. The molecule has 1 aromatic rings. The van der Waals surface area contributed by atoms with Gasteiger partial charge in [0, 0.05) is 6.54 Å². The Morgan fingerprint density at radius 1 is 1.53 bits per heavy atom. The average molecular weight is 255 g/mol. The van der Waals surface area contributed by atoms with Gasteiger partial charge in [0.05, 0.1) is 0 Å². The van der Waals surface area contributed by atoms with E-state index in [-0.39, 0.29) is 11.7 Å². The second-order valence-electron chi connectivity index (χ2n) is 3.82. The molecule has 1 N–H and O–H groups in total. The molecule has 1 fully saturated rings. The van der Waals surface area contributed by atoms with Gasteiger partial charge in [0.25, 0.3) is 5.91 Å². The third-order valence-corrected chi connectivity index (χ3v) is 3.41. The van der Waals surface area contributed by atoms with Crippen LogP contribution in [0.2, 0.25) is 0 Å². The van der Waals surface area contributed by atoms with Crippen LogP contribution < -0.4 is 0 Å². The van der Waals surface area contributed by atoms with Crippen molar-refractivity contribution in [2.24, 2.45) is 0 Å². The molecule has 1 atom stereocenters. The molecule has 0 aromatic carbocycles. The Morgan fingerprint density at radius 2 is 2.29 bits per heavy atom. The number of carbonyl (C=O) groups excluding carboxylic acids is 1. The normalized spacial score (nSPS) is 19.6. The van der Waals surface area contributed by atoms with Crippen LogP contribution in [0.4, 0.5) is 0 Å². The van der Waals surface area contributed by atoms with Crippen molar-refractivity contribution in [3.05, 3.63) is 17.9 Å². The van der Waals surface area contributed by atoms with Crippen molar-refractivity contribution in [2.75, 3.05) is 12.8 Å². The van der Waals surface area contributed by atoms with Gasteiger partial charge in [-0.15, -0.1) is 0 Å². The molecule has 17 heavy (non-hydrogen) atoms. The van der Waals surface area contributed by atoms with Crippen molar-refractivity contribution < 1.29 is 19.1 Å². The number of furan rings is 1. The van der Waals surface area contributed by atoms with Gasteiger partial charge in [-0.2, -0.15) is 0 Å². The molecular weight excluding hydrogens is 242 g/mol. The van der Waals surface area contributed by atoms with Gasteiger partial charge in [0.1, 0.15) is 6.04 Å². The van der Waals surface area contributed by atoms with Crippen molar-refractivity contribution in [3.8, 4) is 0 Å². The third-order valence-electron chi connectivity index (χ3n) is 2.79. The first-order chi connectivity index (χ1) is 8.13. The fourth-order valence-corrected chi connectivity index (χ4v) is 2.33. The number of carbonyl (C=O) groups is 2. The molecule has 2 heterocycles. The van der Waals surface area contributed by atoms with Crippen LogP contribution in [0.5, 0.6) is 0 Å². The zero-order valence-electron chi connectivity index (χ0n) is 9.38. The van der Waals surface area contributed by atoms with Crippen LogP contribution in [-0.2, 0) is 4.79 Å². The first-order valence-corrected chi connectivity index (χ1v) is 6.53. The Morgan fingerprint density at radius 3 is 2.88 bits per heavy atom. The molecule has 1 unspecified atom stereocenters. The molecule has 0 saturated carbocycles. The highest BCUT2D eigenvalue weighted by Gasteiger charge is 2.35. The number of aliphatic carboxylic acids is 1. The van der Waals surface area contributed by atoms with Gasteiger partial charge in [-0.1, -0.05) is 11.8 Å². The molecule has 0 bridgehead atoms. The molecule has 1 aliphatic heterocycles. The minimum Gasteiger partial charge on any atom is -0.480 e. The topological polar surface area (TPSA) is 70.8 Å². The van der Waals surface area contributed by atoms with Gasteiger partial charge < -0.3 is 14.4 Å². The van der Waals surface area contributed by atoms with Crippen LogP contribution in [0.3, 0.4) is 0 Å². The number of likely N-dealkylation sites (tertiary alicyclic amines) is 1. The highest BCUT2D eigenvalue weighted by atomic mass is 32.2. The van der Waals surface area contributed by atoms with E-state index in [4.69, 9.17) is 9.52 Å². The van der Waals surface area contributed by atoms with Crippen molar-refractivity contribution in [1.29, 1.82) is 0 Å². The van der Waals surface area contributed by atoms with Crippen LogP contribution in [0.25, 0.3) is 0 Å². The Bertz CT molecular complexity index is 442. The highest BCUT2D eigenvalue weighted by Crippen LogP contribution is 2.23. The summed E-state index contributed by atoms with van der Waals surface area (Å²) in [6, 6.07) is 2.58. The van der Waals surface area contributed by atoms with Crippen LogP contribution in [-0.4, -0.2) is 40.7 Å². The Balaban J connectivity index is 2.16. The molecule has 0 spiro atoms. The quantitative estimate of drug-likeness (QED) is 0.832. The number of thioether (sulfide) groups is 1. The van der Waals surface area contributed by atoms with E-state index >= 15 is 0 Å². The Hall–Kier alpha value is -1.43. The first kappa shape index (κ1) is 12.0. The summed E-state index contributed by atoms with van der Waals surface area (Å²) < 4.78 is 5.31. The number of nitrogens with zero attached hydrogens (tertiary/aromatic N) is 1. The van der Waals surface area contributed by atoms with E-state index in [0.29, 0.717) is 18.1 Å². The number of amides is 1. The molecule has 1 amide bonds. The first-order valence-electron chi connectivity index (χ1n) is 5.31. The van der Waals surface area contributed by atoms with E-state index in [0.717, 1.165) is 6.42 Å². The molecule has 1 aliphatic rings. The smallest absolute Gasteiger partial charge is 0.326 e. The lowest BCUT2D eigenvalue weighted by atomic mass is 10.2. The van der Waals surface area contributed by atoms with E-state index in [1.54, 1.807) is 12.1 Å². The minimum atomic E-state index is -0.951. The predicted molar refractivity (Wildman–Crippen MR) is 62.2 cm³/mol. The molecule has 0 aliphatic carbocycles. The maximum absolute atomic E-state index is 12.1. The summed E-state index contributed by atoms with van der Waals surface area (Å²) in [6.07, 6.45) is 3.08. The second kappa shape index (κ2) is 4.83. The number of hydrogen-bond acceptors (Lipinski definition) is 4.